The van der Waals surface area contributed by atoms with E-state index in [4.69, 9.17) is 0 Å². The van der Waals surface area contributed by atoms with Gasteiger partial charge in [-0.15, -0.1) is 0 Å². The minimum Gasteiger partial charge on any atom is -0.258 e. The zero-order valence-corrected chi connectivity index (χ0v) is 10.3. The van der Waals surface area contributed by atoms with Crippen LogP contribution in [0.5, 0.6) is 0 Å². The van der Waals surface area contributed by atoms with Crippen molar-refractivity contribution in [1.29, 1.82) is 0 Å². The monoisotopic (exact) mass is 319 g/mol. The summed E-state index contributed by atoms with van der Waals surface area (Å²) in [6.45, 7) is 0. The zero-order valence-electron chi connectivity index (χ0n) is 7.11. The molecule has 0 heterocycles. The van der Waals surface area contributed by atoms with Gasteiger partial charge in [0, 0.05) is 17.5 Å². The lowest BCUT2D eigenvalue weighted by molar-refractivity contribution is -0.385. The third-order valence-corrected chi connectivity index (χ3v) is 4.09. The van der Waals surface area contributed by atoms with E-state index in [1.165, 1.54) is 0 Å². The zero-order chi connectivity index (χ0) is 10.3. The third kappa shape index (κ3) is 1.70. The molecule has 0 spiro atoms. The van der Waals surface area contributed by atoms with Gasteiger partial charge in [-0.05, 0) is 6.42 Å². The molecule has 14 heavy (non-hydrogen) atoms. The molecular formula is C9H7Br2NO2. The van der Waals surface area contributed by atoms with Crippen molar-refractivity contribution in [3.63, 3.8) is 0 Å². The Hall–Kier alpha value is -0.420. The molecule has 74 valence electrons. The van der Waals surface area contributed by atoms with E-state index >= 15 is 0 Å². The molecule has 0 saturated heterocycles. The predicted molar refractivity (Wildman–Crippen MR) is 61.0 cm³/mol. The van der Waals surface area contributed by atoms with Gasteiger partial charge in [0.2, 0.25) is 0 Å². The van der Waals surface area contributed by atoms with Crippen LogP contribution in [0.3, 0.4) is 0 Å². The van der Waals surface area contributed by atoms with Gasteiger partial charge in [-0.1, -0.05) is 50.1 Å². The number of para-hydroxylation sites is 1. The van der Waals surface area contributed by atoms with Crippen molar-refractivity contribution in [3.05, 3.63) is 39.9 Å². The topological polar surface area (TPSA) is 43.1 Å². The number of hydrogen-bond acceptors (Lipinski definition) is 2. The maximum atomic E-state index is 10.7. The summed E-state index contributed by atoms with van der Waals surface area (Å²) in [5, 5.41) is 10.7. The van der Waals surface area contributed by atoms with Crippen LogP contribution in [-0.2, 0) is 0 Å². The highest BCUT2D eigenvalue weighted by molar-refractivity contribution is 9.25. The number of nitro groups is 1. The van der Waals surface area contributed by atoms with Gasteiger partial charge in [0.1, 0.15) is 0 Å². The van der Waals surface area contributed by atoms with Crippen molar-refractivity contribution >= 4 is 37.5 Å². The lowest BCUT2D eigenvalue weighted by Crippen LogP contribution is -1.96. The predicted octanol–water partition coefficient (Wildman–Crippen LogP) is 3.57. The van der Waals surface area contributed by atoms with E-state index in [-0.39, 0.29) is 19.8 Å². The van der Waals surface area contributed by atoms with E-state index in [0.29, 0.717) is 0 Å². The van der Waals surface area contributed by atoms with Gasteiger partial charge in [-0.25, -0.2) is 0 Å². The van der Waals surface area contributed by atoms with Crippen LogP contribution in [0.15, 0.2) is 24.3 Å². The molecule has 0 N–H and O–H groups in total. The van der Waals surface area contributed by atoms with Gasteiger partial charge < -0.3 is 0 Å². The van der Waals surface area contributed by atoms with Crippen LogP contribution in [0.4, 0.5) is 5.69 Å². The third-order valence-electron chi connectivity index (χ3n) is 2.33. The first-order chi connectivity index (χ1) is 6.52. The maximum Gasteiger partial charge on any atom is 0.272 e. The summed E-state index contributed by atoms with van der Waals surface area (Å²) in [6.07, 6.45) is 0.887. The Bertz CT molecular complexity index is 392. The van der Waals surface area contributed by atoms with Crippen LogP contribution in [-0.4, -0.2) is 8.16 Å². The molecular weight excluding hydrogens is 314 g/mol. The second kappa shape index (κ2) is 3.31. The Morgan fingerprint density at radius 1 is 1.43 bits per heavy atom. The highest BCUT2D eigenvalue weighted by Gasteiger charge is 2.53. The molecule has 2 rings (SSSR count). The SMILES string of the molecule is O=[N+]([O-])c1ccccc1C1CC1(Br)Br. The van der Waals surface area contributed by atoms with Crippen LogP contribution in [0, 0.1) is 10.1 Å². The molecule has 0 aromatic heterocycles. The molecule has 5 heteroatoms. The van der Waals surface area contributed by atoms with Gasteiger partial charge in [0.05, 0.1) is 8.16 Å². The highest BCUT2D eigenvalue weighted by atomic mass is 79.9. The summed E-state index contributed by atoms with van der Waals surface area (Å²) in [5.41, 5.74) is 1.00. The Kier molecular flexibility index (Phi) is 2.39. The van der Waals surface area contributed by atoms with Crippen molar-refractivity contribution < 1.29 is 4.92 Å². The molecule has 1 aromatic carbocycles. The molecule has 1 aliphatic carbocycles. The summed E-state index contributed by atoms with van der Waals surface area (Å²) in [5.74, 6) is 0.198. The fraction of sp³-hybridized carbons (Fsp3) is 0.333. The summed E-state index contributed by atoms with van der Waals surface area (Å²) in [6, 6.07) is 6.88. The molecule has 0 aliphatic heterocycles. The largest absolute Gasteiger partial charge is 0.272 e. The summed E-state index contributed by atoms with van der Waals surface area (Å²) < 4.78 is -0.133. The molecule has 1 aliphatic rings. The van der Waals surface area contributed by atoms with E-state index in [2.05, 4.69) is 31.9 Å². The fourth-order valence-electron chi connectivity index (χ4n) is 1.50. The first-order valence-corrected chi connectivity index (χ1v) is 5.72. The Balaban J connectivity index is 2.39. The van der Waals surface area contributed by atoms with Crippen LogP contribution in [0.25, 0.3) is 0 Å². The highest BCUT2D eigenvalue weighted by Crippen LogP contribution is 2.63. The number of alkyl halides is 2. The lowest BCUT2D eigenvalue weighted by atomic mass is 10.1. The van der Waals surface area contributed by atoms with Crippen LogP contribution < -0.4 is 0 Å². The number of benzene rings is 1. The van der Waals surface area contributed by atoms with Gasteiger partial charge in [-0.2, -0.15) is 0 Å². The maximum absolute atomic E-state index is 10.7. The number of nitrogens with zero attached hydrogens (tertiary/aromatic N) is 1. The molecule has 1 fully saturated rings. The fourth-order valence-corrected chi connectivity index (χ4v) is 2.64. The van der Waals surface area contributed by atoms with Crippen molar-refractivity contribution in [2.45, 2.75) is 15.6 Å². The second-order valence-corrected chi connectivity index (χ2v) is 7.23. The average molecular weight is 321 g/mol. The molecule has 1 atom stereocenters. The minimum absolute atomic E-state index is 0.133. The average Bonchev–Trinajstić information content (AvgIpc) is 2.75. The Labute approximate surface area is 97.9 Å². The van der Waals surface area contributed by atoms with Crippen molar-refractivity contribution in [2.24, 2.45) is 0 Å². The summed E-state index contributed by atoms with van der Waals surface area (Å²) in [7, 11) is 0. The van der Waals surface area contributed by atoms with E-state index in [0.717, 1.165) is 12.0 Å². The number of rotatable bonds is 2. The smallest absolute Gasteiger partial charge is 0.258 e. The number of hydrogen-bond donors (Lipinski definition) is 0. The quantitative estimate of drug-likeness (QED) is 0.475. The van der Waals surface area contributed by atoms with Crippen LogP contribution in [0.2, 0.25) is 0 Å². The van der Waals surface area contributed by atoms with Gasteiger partial charge in [0.15, 0.2) is 0 Å². The van der Waals surface area contributed by atoms with Gasteiger partial charge >= 0.3 is 0 Å². The molecule has 1 unspecified atom stereocenters. The van der Waals surface area contributed by atoms with Crippen LogP contribution >= 0.6 is 31.9 Å². The second-order valence-electron chi connectivity index (χ2n) is 3.33. The van der Waals surface area contributed by atoms with E-state index in [9.17, 15) is 10.1 Å². The molecule has 0 radical (unpaired) electrons. The van der Waals surface area contributed by atoms with E-state index in [1.807, 2.05) is 12.1 Å². The normalized spacial score (nSPS) is 23.1. The minimum atomic E-state index is -0.330. The summed E-state index contributed by atoms with van der Waals surface area (Å²) >= 11 is 6.93. The molecule has 1 saturated carbocycles. The first kappa shape index (κ1) is 10.1. The molecule has 0 bridgehead atoms. The van der Waals surface area contributed by atoms with Gasteiger partial charge in [0.25, 0.3) is 5.69 Å². The van der Waals surface area contributed by atoms with E-state index in [1.54, 1.807) is 12.1 Å². The first-order valence-electron chi connectivity index (χ1n) is 4.13. The number of nitro benzene ring substituents is 1. The van der Waals surface area contributed by atoms with Crippen molar-refractivity contribution in [3.8, 4) is 0 Å². The summed E-state index contributed by atoms with van der Waals surface area (Å²) in [4.78, 5) is 10.4. The van der Waals surface area contributed by atoms with Gasteiger partial charge in [-0.3, -0.25) is 10.1 Å². The Morgan fingerprint density at radius 3 is 2.50 bits per heavy atom. The molecule has 3 nitrogen and oxygen atoms in total. The van der Waals surface area contributed by atoms with E-state index < -0.39 is 0 Å². The van der Waals surface area contributed by atoms with Crippen molar-refractivity contribution in [2.75, 3.05) is 0 Å². The standard InChI is InChI=1S/C9H7Br2NO2/c10-9(11)5-7(9)6-3-1-2-4-8(6)12(13)14/h1-4,7H,5H2. The van der Waals surface area contributed by atoms with Crippen LogP contribution in [0.1, 0.15) is 17.9 Å². The lowest BCUT2D eigenvalue weighted by Gasteiger charge is -2.01. The Morgan fingerprint density at radius 2 is 2.00 bits per heavy atom. The molecule has 0 amide bonds. The molecule has 1 aromatic rings. The van der Waals surface area contributed by atoms with Crippen molar-refractivity contribution in [1.82, 2.24) is 0 Å². The number of halogens is 2.